The predicted octanol–water partition coefficient (Wildman–Crippen LogP) is 3.57. The zero-order valence-corrected chi connectivity index (χ0v) is 9.91. The van der Waals surface area contributed by atoms with Crippen LogP contribution in [0.2, 0.25) is 0 Å². The first-order valence-corrected chi connectivity index (χ1v) is 6.29. The summed E-state index contributed by atoms with van der Waals surface area (Å²) in [7, 11) is 0. The smallest absolute Gasteiger partial charge is 0.178 e. The number of fused-ring (bicyclic) bond motifs is 1. The van der Waals surface area contributed by atoms with Gasteiger partial charge in [0.25, 0.3) is 0 Å². The summed E-state index contributed by atoms with van der Waals surface area (Å²) in [5.74, 6) is 7.14. The Labute approximate surface area is 104 Å². The van der Waals surface area contributed by atoms with Gasteiger partial charge in [-0.15, -0.1) is 11.3 Å². The third kappa shape index (κ3) is 2.25. The molecule has 0 aliphatic carbocycles. The molecule has 1 aromatic carbocycles. The first-order valence-electron chi connectivity index (χ1n) is 5.41. The molecule has 2 aromatic rings. The molecule has 0 N–H and O–H groups in total. The maximum Gasteiger partial charge on any atom is 0.178 e. The summed E-state index contributed by atoms with van der Waals surface area (Å²) in [6.07, 6.45) is 3.90. The lowest BCUT2D eigenvalue weighted by Crippen LogP contribution is -2.14. The molecule has 17 heavy (non-hydrogen) atoms. The molecule has 3 rings (SSSR count). The van der Waals surface area contributed by atoms with Crippen LogP contribution in [0.4, 0.5) is 0 Å². The Hall–Kier alpha value is -1.98. The molecule has 0 radical (unpaired) electrons. The average molecular weight is 238 g/mol. The first kappa shape index (κ1) is 10.2. The van der Waals surface area contributed by atoms with Crippen molar-refractivity contribution in [1.82, 2.24) is 0 Å². The molecule has 0 saturated carbocycles. The van der Waals surface area contributed by atoms with Crippen molar-refractivity contribution in [3.05, 3.63) is 58.3 Å². The van der Waals surface area contributed by atoms with Gasteiger partial charge in [0.15, 0.2) is 6.10 Å². The van der Waals surface area contributed by atoms with E-state index in [0.29, 0.717) is 0 Å². The minimum Gasteiger partial charge on any atom is -0.473 e. The van der Waals surface area contributed by atoms with E-state index in [-0.39, 0.29) is 6.10 Å². The fraction of sp³-hybridized carbons (Fsp3) is 0.0667. The predicted molar refractivity (Wildman–Crippen MR) is 71.1 cm³/mol. The molecule has 1 nitrogen and oxygen atoms in total. The lowest BCUT2D eigenvalue weighted by atomic mass is 10.1. The molecular weight excluding hydrogens is 228 g/mol. The molecule has 1 unspecified atom stereocenters. The standard InChI is InChI=1S/C15H10OS/c1-2-6-15-12(4-1)7-8-13(16-15)9-10-14-5-3-11-17-14/h1-8,11,13H. The zero-order chi connectivity index (χ0) is 11.5. The van der Waals surface area contributed by atoms with E-state index in [2.05, 4.69) is 17.9 Å². The van der Waals surface area contributed by atoms with Crippen LogP contribution in [-0.2, 0) is 0 Å². The molecule has 2 heteroatoms. The molecule has 1 aliphatic rings. The summed E-state index contributed by atoms with van der Waals surface area (Å²) in [4.78, 5) is 1.07. The van der Waals surface area contributed by atoms with E-state index in [9.17, 15) is 0 Å². The van der Waals surface area contributed by atoms with Crippen molar-refractivity contribution < 1.29 is 4.74 Å². The molecule has 1 aromatic heterocycles. The van der Waals surface area contributed by atoms with E-state index in [1.807, 2.05) is 47.9 Å². The second-order valence-corrected chi connectivity index (χ2v) is 4.63. The topological polar surface area (TPSA) is 9.23 Å². The quantitative estimate of drug-likeness (QED) is 0.637. The van der Waals surface area contributed by atoms with Crippen LogP contribution < -0.4 is 4.74 Å². The highest BCUT2D eigenvalue weighted by atomic mass is 32.1. The minimum absolute atomic E-state index is 0.146. The number of benzene rings is 1. The third-order valence-electron chi connectivity index (χ3n) is 2.48. The van der Waals surface area contributed by atoms with Crippen LogP contribution in [0.3, 0.4) is 0 Å². The Balaban J connectivity index is 1.81. The Morgan fingerprint density at radius 3 is 2.94 bits per heavy atom. The molecule has 82 valence electrons. The van der Waals surface area contributed by atoms with Gasteiger partial charge in [-0.05, 0) is 29.5 Å². The second-order valence-electron chi connectivity index (χ2n) is 3.68. The fourth-order valence-corrected chi connectivity index (χ4v) is 2.24. The monoisotopic (exact) mass is 238 g/mol. The molecule has 0 bridgehead atoms. The van der Waals surface area contributed by atoms with Crippen molar-refractivity contribution in [2.75, 3.05) is 0 Å². The van der Waals surface area contributed by atoms with Gasteiger partial charge < -0.3 is 4.74 Å². The van der Waals surface area contributed by atoms with E-state index in [4.69, 9.17) is 4.74 Å². The second kappa shape index (κ2) is 4.48. The summed E-state index contributed by atoms with van der Waals surface area (Å²) in [5, 5.41) is 2.02. The number of hydrogen-bond acceptors (Lipinski definition) is 2. The molecule has 0 saturated heterocycles. The van der Waals surface area contributed by atoms with E-state index < -0.39 is 0 Å². The third-order valence-corrected chi connectivity index (χ3v) is 3.27. The van der Waals surface area contributed by atoms with Crippen LogP contribution in [0.1, 0.15) is 10.4 Å². The molecule has 0 fully saturated rings. The van der Waals surface area contributed by atoms with Crippen molar-refractivity contribution in [3.63, 3.8) is 0 Å². The van der Waals surface area contributed by atoms with Gasteiger partial charge in [0.05, 0.1) is 4.88 Å². The summed E-state index contributed by atoms with van der Waals surface area (Å²) in [6.45, 7) is 0. The average Bonchev–Trinajstić information content (AvgIpc) is 2.89. The van der Waals surface area contributed by atoms with Gasteiger partial charge in [0.1, 0.15) is 5.75 Å². The molecular formula is C15H10OS. The Bertz CT molecular complexity index is 599. The van der Waals surface area contributed by atoms with Crippen LogP contribution in [0, 0.1) is 11.8 Å². The van der Waals surface area contributed by atoms with Gasteiger partial charge in [0.2, 0.25) is 0 Å². The number of para-hydroxylation sites is 1. The largest absolute Gasteiger partial charge is 0.473 e. The van der Waals surface area contributed by atoms with Crippen LogP contribution in [-0.4, -0.2) is 6.10 Å². The number of thiophene rings is 1. The highest BCUT2D eigenvalue weighted by Gasteiger charge is 2.10. The summed E-state index contributed by atoms with van der Waals surface area (Å²) in [5.41, 5.74) is 1.11. The maximum absolute atomic E-state index is 5.77. The van der Waals surface area contributed by atoms with Crippen LogP contribution in [0.25, 0.3) is 6.08 Å². The van der Waals surface area contributed by atoms with Crippen molar-refractivity contribution >= 4 is 17.4 Å². The summed E-state index contributed by atoms with van der Waals surface area (Å²) in [6, 6.07) is 12.0. The number of ether oxygens (including phenoxy) is 1. The van der Waals surface area contributed by atoms with Crippen molar-refractivity contribution in [2.45, 2.75) is 6.10 Å². The highest BCUT2D eigenvalue weighted by Crippen LogP contribution is 2.25. The van der Waals surface area contributed by atoms with Crippen LogP contribution in [0.15, 0.2) is 47.9 Å². The first-order chi connectivity index (χ1) is 8.42. The summed E-state index contributed by atoms with van der Waals surface area (Å²) >= 11 is 1.64. The molecule has 1 aliphatic heterocycles. The van der Waals surface area contributed by atoms with E-state index >= 15 is 0 Å². The van der Waals surface area contributed by atoms with E-state index in [1.165, 1.54) is 0 Å². The molecule has 1 atom stereocenters. The van der Waals surface area contributed by atoms with Gasteiger partial charge >= 0.3 is 0 Å². The van der Waals surface area contributed by atoms with Gasteiger partial charge in [-0.25, -0.2) is 0 Å². The van der Waals surface area contributed by atoms with E-state index in [0.717, 1.165) is 16.2 Å². The Morgan fingerprint density at radius 1 is 1.12 bits per heavy atom. The molecule has 0 spiro atoms. The Kier molecular flexibility index (Phi) is 2.69. The lowest BCUT2D eigenvalue weighted by molar-refractivity contribution is 0.301. The minimum atomic E-state index is -0.146. The van der Waals surface area contributed by atoms with Crippen LogP contribution >= 0.6 is 11.3 Å². The van der Waals surface area contributed by atoms with Crippen molar-refractivity contribution in [3.8, 4) is 17.6 Å². The van der Waals surface area contributed by atoms with Gasteiger partial charge in [-0.1, -0.05) is 36.3 Å². The fourth-order valence-electron chi connectivity index (χ4n) is 1.66. The SMILES string of the molecule is C(#CC1C=Cc2ccccc2O1)c1cccs1. The van der Waals surface area contributed by atoms with Gasteiger partial charge in [0, 0.05) is 5.56 Å². The van der Waals surface area contributed by atoms with Crippen molar-refractivity contribution in [2.24, 2.45) is 0 Å². The number of hydrogen-bond donors (Lipinski definition) is 0. The Morgan fingerprint density at radius 2 is 2.06 bits per heavy atom. The zero-order valence-electron chi connectivity index (χ0n) is 9.09. The summed E-state index contributed by atoms with van der Waals surface area (Å²) < 4.78 is 5.77. The van der Waals surface area contributed by atoms with Crippen LogP contribution in [0.5, 0.6) is 5.75 Å². The molecule has 0 amide bonds. The van der Waals surface area contributed by atoms with Gasteiger partial charge in [-0.2, -0.15) is 0 Å². The van der Waals surface area contributed by atoms with E-state index in [1.54, 1.807) is 11.3 Å². The highest BCUT2D eigenvalue weighted by molar-refractivity contribution is 7.10. The molecule has 2 heterocycles. The van der Waals surface area contributed by atoms with Gasteiger partial charge in [-0.3, -0.25) is 0 Å². The maximum atomic E-state index is 5.77. The van der Waals surface area contributed by atoms with Crippen molar-refractivity contribution in [1.29, 1.82) is 0 Å². The lowest BCUT2D eigenvalue weighted by Gasteiger charge is -2.16. The number of rotatable bonds is 0. The normalized spacial score (nSPS) is 16.6.